The second-order valence-corrected chi connectivity index (χ2v) is 8.02. The standard InChI is InChI=1S/C15H17N3O5S2/c1-8-13(24-10(3)17-8)15(20)23-9(2)14(19)18-11-5-4-6-12(7-11)25(16,21)22/h4-7,9H,1-3H3,(H,18,19)(H2,16,21,22)/t9-/m1/s1. The van der Waals surface area contributed by atoms with Gasteiger partial charge in [-0.25, -0.2) is 23.3 Å². The summed E-state index contributed by atoms with van der Waals surface area (Å²) in [6.45, 7) is 4.87. The van der Waals surface area contributed by atoms with Crippen LogP contribution in [-0.4, -0.2) is 31.4 Å². The smallest absolute Gasteiger partial charge is 0.351 e. The maximum absolute atomic E-state index is 12.1. The van der Waals surface area contributed by atoms with Crippen LogP contribution in [0.1, 0.15) is 27.3 Å². The van der Waals surface area contributed by atoms with Gasteiger partial charge in [-0.15, -0.1) is 11.3 Å². The first-order valence-corrected chi connectivity index (χ1v) is 9.53. The van der Waals surface area contributed by atoms with Crippen LogP contribution in [0.3, 0.4) is 0 Å². The maximum atomic E-state index is 12.1. The van der Waals surface area contributed by atoms with Crippen molar-refractivity contribution >= 4 is 38.9 Å². The summed E-state index contributed by atoms with van der Waals surface area (Å²) in [5.74, 6) is -1.23. The fourth-order valence-corrected chi connectivity index (χ4v) is 3.35. The molecule has 0 saturated heterocycles. The number of nitrogens with two attached hydrogens (primary N) is 1. The number of sulfonamides is 1. The Morgan fingerprint density at radius 1 is 1.32 bits per heavy atom. The molecule has 0 aliphatic carbocycles. The molecule has 25 heavy (non-hydrogen) atoms. The fourth-order valence-electron chi connectivity index (χ4n) is 1.98. The second kappa shape index (κ2) is 7.30. The minimum Gasteiger partial charge on any atom is -0.448 e. The van der Waals surface area contributed by atoms with Crippen LogP contribution in [0.5, 0.6) is 0 Å². The van der Waals surface area contributed by atoms with Gasteiger partial charge in [-0.3, -0.25) is 4.79 Å². The predicted molar refractivity (Wildman–Crippen MR) is 92.9 cm³/mol. The van der Waals surface area contributed by atoms with E-state index in [4.69, 9.17) is 9.88 Å². The number of hydrogen-bond acceptors (Lipinski definition) is 7. The molecule has 10 heteroatoms. The zero-order valence-electron chi connectivity index (χ0n) is 13.8. The third-order valence-corrected chi connectivity index (χ3v) is 5.14. The van der Waals surface area contributed by atoms with Gasteiger partial charge in [0, 0.05) is 5.69 Å². The highest BCUT2D eigenvalue weighted by Gasteiger charge is 2.22. The lowest BCUT2D eigenvalue weighted by atomic mass is 10.3. The molecular weight excluding hydrogens is 366 g/mol. The van der Waals surface area contributed by atoms with Crippen LogP contribution < -0.4 is 10.5 Å². The number of ether oxygens (including phenoxy) is 1. The van der Waals surface area contributed by atoms with E-state index in [-0.39, 0.29) is 10.6 Å². The molecule has 1 amide bonds. The van der Waals surface area contributed by atoms with Gasteiger partial charge in [-0.05, 0) is 39.0 Å². The van der Waals surface area contributed by atoms with E-state index < -0.39 is 28.0 Å². The summed E-state index contributed by atoms with van der Waals surface area (Å²) in [6, 6.07) is 5.47. The molecule has 0 aliphatic rings. The first-order valence-electron chi connectivity index (χ1n) is 7.16. The minimum absolute atomic E-state index is 0.134. The number of carbonyl (C=O) groups is 2. The number of amides is 1. The number of nitrogens with one attached hydrogen (secondary N) is 1. The molecular formula is C15H17N3O5S2. The van der Waals surface area contributed by atoms with Gasteiger partial charge < -0.3 is 10.1 Å². The lowest BCUT2D eigenvalue weighted by Crippen LogP contribution is -2.30. The van der Waals surface area contributed by atoms with Crippen molar-refractivity contribution in [2.24, 2.45) is 5.14 Å². The molecule has 0 radical (unpaired) electrons. The van der Waals surface area contributed by atoms with E-state index in [9.17, 15) is 18.0 Å². The number of esters is 1. The summed E-state index contributed by atoms with van der Waals surface area (Å²) in [5, 5.41) is 8.25. The Kier molecular flexibility index (Phi) is 5.55. The van der Waals surface area contributed by atoms with Crippen LogP contribution in [0.25, 0.3) is 0 Å². The highest BCUT2D eigenvalue weighted by molar-refractivity contribution is 7.89. The van der Waals surface area contributed by atoms with Crippen molar-refractivity contribution < 1.29 is 22.7 Å². The Bertz CT molecular complexity index is 921. The number of primary sulfonamides is 1. The van der Waals surface area contributed by atoms with Crippen molar-refractivity contribution in [1.29, 1.82) is 0 Å². The predicted octanol–water partition coefficient (Wildman–Crippen LogP) is 1.59. The van der Waals surface area contributed by atoms with Gasteiger partial charge in [-0.1, -0.05) is 6.07 Å². The maximum Gasteiger partial charge on any atom is 0.351 e. The number of aromatic nitrogens is 1. The Morgan fingerprint density at radius 3 is 2.56 bits per heavy atom. The molecule has 0 unspecified atom stereocenters. The number of anilines is 1. The van der Waals surface area contributed by atoms with Crippen molar-refractivity contribution in [2.75, 3.05) is 5.32 Å². The van der Waals surface area contributed by atoms with Crippen LogP contribution in [-0.2, 0) is 19.6 Å². The molecule has 0 spiro atoms. The number of carbonyl (C=O) groups excluding carboxylic acids is 2. The molecule has 2 rings (SSSR count). The number of aryl methyl sites for hydroxylation is 2. The summed E-state index contributed by atoms with van der Waals surface area (Å²) in [4.78, 5) is 28.6. The normalized spacial score (nSPS) is 12.5. The van der Waals surface area contributed by atoms with Crippen LogP contribution in [0, 0.1) is 13.8 Å². The zero-order chi connectivity index (χ0) is 18.8. The summed E-state index contributed by atoms with van der Waals surface area (Å²) in [6.07, 6.45) is -1.08. The lowest BCUT2D eigenvalue weighted by molar-refractivity contribution is -0.123. The molecule has 1 atom stereocenters. The largest absolute Gasteiger partial charge is 0.448 e. The number of nitrogens with zero attached hydrogens (tertiary/aromatic N) is 1. The third kappa shape index (κ3) is 4.84. The highest BCUT2D eigenvalue weighted by atomic mass is 32.2. The average Bonchev–Trinajstić information content (AvgIpc) is 2.85. The molecule has 0 aliphatic heterocycles. The molecule has 0 saturated carbocycles. The molecule has 8 nitrogen and oxygen atoms in total. The molecule has 134 valence electrons. The number of rotatable bonds is 5. The summed E-state index contributed by atoms with van der Waals surface area (Å²) in [7, 11) is -3.88. The number of hydrogen-bond donors (Lipinski definition) is 2. The molecule has 3 N–H and O–H groups in total. The first kappa shape index (κ1) is 19.0. The average molecular weight is 383 g/mol. The van der Waals surface area contributed by atoms with Crippen molar-refractivity contribution in [3.05, 3.63) is 39.8 Å². The van der Waals surface area contributed by atoms with Crippen molar-refractivity contribution in [2.45, 2.75) is 31.8 Å². The third-order valence-electron chi connectivity index (χ3n) is 3.17. The Morgan fingerprint density at radius 2 is 2.00 bits per heavy atom. The van der Waals surface area contributed by atoms with Gasteiger partial charge in [0.15, 0.2) is 6.10 Å². The lowest BCUT2D eigenvalue weighted by Gasteiger charge is -2.13. The molecule has 2 aromatic rings. The monoisotopic (exact) mass is 383 g/mol. The van der Waals surface area contributed by atoms with Gasteiger partial charge in [0.1, 0.15) is 4.88 Å². The SMILES string of the molecule is Cc1nc(C)c(C(=O)O[C@H](C)C(=O)Nc2cccc(S(N)(=O)=O)c2)s1. The zero-order valence-corrected chi connectivity index (χ0v) is 15.4. The molecule has 1 aromatic heterocycles. The van der Waals surface area contributed by atoms with Gasteiger partial charge in [-0.2, -0.15) is 0 Å². The van der Waals surface area contributed by atoms with E-state index in [1.54, 1.807) is 13.8 Å². The van der Waals surface area contributed by atoms with Gasteiger partial charge in [0.2, 0.25) is 10.0 Å². The minimum atomic E-state index is -3.88. The molecule has 1 heterocycles. The van der Waals surface area contributed by atoms with Crippen molar-refractivity contribution in [3.8, 4) is 0 Å². The fraction of sp³-hybridized carbons (Fsp3) is 0.267. The quantitative estimate of drug-likeness (QED) is 0.755. The second-order valence-electron chi connectivity index (χ2n) is 5.26. The van der Waals surface area contributed by atoms with E-state index in [1.165, 1.54) is 42.5 Å². The van der Waals surface area contributed by atoms with E-state index in [0.717, 1.165) is 5.01 Å². The summed E-state index contributed by atoms with van der Waals surface area (Å²) < 4.78 is 27.8. The first-order chi connectivity index (χ1) is 11.6. The number of thiazole rings is 1. The van der Waals surface area contributed by atoms with Crippen LogP contribution in [0.2, 0.25) is 0 Å². The Hall–Kier alpha value is -2.30. The van der Waals surface area contributed by atoms with Gasteiger partial charge in [0.25, 0.3) is 5.91 Å². The molecule has 1 aromatic carbocycles. The highest BCUT2D eigenvalue weighted by Crippen LogP contribution is 2.19. The van der Waals surface area contributed by atoms with Crippen molar-refractivity contribution in [3.63, 3.8) is 0 Å². The topological polar surface area (TPSA) is 128 Å². The van der Waals surface area contributed by atoms with E-state index in [2.05, 4.69) is 10.3 Å². The van der Waals surface area contributed by atoms with Crippen LogP contribution >= 0.6 is 11.3 Å². The number of benzene rings is 1. The van der Waals surface area contributed by atoms with E-state index >= 15 is 0 Å². The summed E-state index contributed by atoms with van der Waals surface area (Å²) in [5.41, 5.74) is 0.769. The summed E-state index contributed by atoms with van der Waals surface area (Å²) >= 11 is 1.19. The van der Waals surface area contributed by atoms with Gasteiger partial charge in [0.05, 0.1) is 15.6 Å². The van der Waals surface area contributed by atoms with Crippen LogP contribution in [0.15, 0.2) is 29.2 Å². The van der Waals surface area contributed by atoms with Crippen molar-refractivity contribution in [1.82, 2.24) is 4.98 Å². The molecule has 0 bridgehead atoms. The van der Waals surface area contributed by atoms with E-state index in [0.29, 0.717) is 10.6 Å². The Balaban J connectivity index is 2.06. The van der Waals surface area contributed by atoms with Crippen LogP contribution in [0.4, 0.5) is 5.69 Å². The molecule has 0 fully saturated rings. The Labute approximate surface area is 149 Å². The van der Waals surface area contributed by atoms with Gasteiger partial charge >= 0.3 is 5.97 Å². The van der Waals surface area contributed by atoms with E-state index in [1.807, 2.05) is 0 Å².